The fraction of sp³-hybridized carbons (Fsp3) is 0.800. The van der Waals surface area contributed by atoms with Crippen LogP contribution >= 0.6 is 24.0 Å². The van der Waals surface area contributed by atoms with E-state index in [1.165, 1.54) is 0 Å². The van der Waals surface area contributed by atoms with E-state index in [1.807, 2.05) is 7.05 Å². The molecule has 0 aliphatic carbocycles. The van der Waals surface area contributed by atoms with Crippen molar-refractivity contribution in [3.05, 3.63) is 0 Å². The Morgan fingerprint density at radius 1 is 1.50 bits per heavy atom. The molecular weight excluding hydrogens is 175 g/mol. The second kappa shape index (κ2) is 4.95. The van der Waals surface area contributed by atoms with Crippen LogP contribution in [0.3, 0.4) is 0 Å². The van der Waals surface area contributed by atoms with Gasteiger partial charge in [0.05, 0.1) is 12.5 Å². The van der Waals surface area contributed by atoms with Crippen LogP contribution in [0.5, 0.6) is 0 Å². The summed E-state index contributed by atoms with van der Waals surface area (Å²) in [5.74, 6) is 1.03. The fourth-order valence-electron chi connectivity index (χ4n) is 0.736. The molecule has 5 heteroatoms. The van der Waals surface area contributed by atoms with E-state index in [-0.39, 0.29) is 29.6 Å². The second-order valence-corrected chi connectivity index (χ2v) is 3.81. The summed E-state index contributed by atoms with van der Waals surface area (Å²) in [6.45, 7) is 0.964. The molecule has 0 radical (unpaired) electrons. The number of thioether (sulfide) groups is 1. The van der Waals surface area contributed by atoms with Gasteiger partial charge in [-0.1, -0.05) is 24.0 Å². The average Bonchev–Trinajstić information content (AvgIpc) is 1.80. The molecule has 0 amide bonds. The molecule has 0 aromatic carbocycles. The maximum absolute atomic E-state index is 5.04. The van der Waals surface area contributed by atoms with Crippen molar-refractivity contribution >= 4 is 57.9 Å². The molecule has 1 saturated heterocycles. The third-order valence-electron chi connectivity index (χ3n) is 1.17. The molecule has 2 nitrogen and oxygen atoms in total. The zero-order valence-electron chi connectivity index (χ0n) is 5.63. The van der Waals surface area contributed by atoms with Crippen molar-refractivity contribution < 1.29 is 0 Å². The van der Waals surface area contributed by atoms with Crippen LogP contribution in [-0.2, 0) is 0 Å². The van der Waals surface area contributed by atoms with Crippen molar-refractivity contribution in [2.75, 3.05) is 26.6 Å². The third-order valence-corrected chi connectivity index (χ3v) is 2.97. The molecule has 0 bridgehead atoms. The Morgan fingerprint density at radius 2 is 2.10 bits per heavy atom. The number of nitrogens with zero attached hydrogens (tertiary/aromatic N) is 2. The molecule has 0 N–H and O–H groups in total. The average molecular weight is 186 g/mol. The second-order valence-electron chi connectivity index (χ2n) is 2.23. The van der Waals surface area contributed by atoms with Gasteiger partial charge in [-0.3, -0.25) is 4.90 Å². The molecule has 1 aliphatic rings. The SMILES string of the molecule is CN1CSC(=S)N(C)C1.[NaH]. The monoisotopic (exact) mass is 186 g/mol. The van der Waals surface area contributed by atoms with E-state index in [4.69, 9.17) is 12.2 Å². The number of rotatable bonds is 0. The van der Waals surface area contributed by atoms with Gasteiger partial charge in [0.15, 0.2) is 0 Å². The first kappa shape index (κ1) is 11.2. The molecule has 0 aromatic heterocycles. The van der Waals surface area contributed by atoms with Gasteiger partial charge in [-0.2, -0.15) is 0 Å². The molecule has 0 spiro atoms. The number of hydrogen-bond donors (Lipinski definition) is 0. The van der Waals surface area contributed by atoms with Crippen LogP contribution in [0.15, 0.2) is 0 Å². The third kappa shape index (κ3) is 3.07. The molecule has 0 aromatic rings. The number of hydrogen-bond acceptors (Lipinski definition) is 3. The van der Waals surface area contributed by atoms with Gasteiger partial charge in [0.2, 0.25) is 0 Å². The van der Waals surface area contributed by atoms with Gasteiger partial charge in [-0.15, -0.1) is 0 Å². The Hall–Kier alpha value is 1.20. The van der Waals surface area contributed by atoms with E-state index in [1.54, 1.807) is 11.8 Å². The Bertz CT molecular complexity index is 131. The summed E-state index contributed by atoms with van der Waals surface area (Å²) in [5, 5.41) is 0. The van der Waals surface area contributed by atoms with Gasteiger partial charge >= 0.3 is 29.6 Å². The van der Waals surface area contributed by atoms with Crippen molar-refractivity contribution in [2.45, 2.75) is 0 Å². The van der Waals surface area contributed by atoms with E-state index >= 15 is 0 Å². The summed E-state index contributed by atoms with van der Waals surface area (Å²) in [7, 11) is 4.11. The molecule has 54 valence electrons. The molecule has 1 aliphatic heterocycles. The minimum atomic E-state index is 0. The van der Waals surface area contributed by atoms with Crippen molar-refractivity contribution in [1.82, 2.24) is 9.80 Å². The van der Waals surface area contributed by atoms with Crippen LogP contribution in [0.25, 0.3) is 0 Å². The zero-order chi connectivity index (χ0) is 6.85. The van der Waals surface area contributed by atoms with Crippen LogP contribution in [0.2, 0.25) is 0 Å². The van der Waals surface area contributed by atoms with Gasteiger partial charge in [0.25, 0.3) is 0 Å². The van der Waals surface area contributed by atoms with Crippen LogP contribution in [0, 0.1) is 0 Å². The van der Waals surface area contributed by atoms with Crippen molar-refractivity contribution in [3.63, 3.8) is 0 Å². The Morgan fingerprint density at radius 3 is 2.50 bits per heavy atom. The van der Waals surface area contributed by atoms with E-state index in [9.17, 15) is 0 Å². The summed E-state index contributed by atoms with van der Waals surface area (Å²) >= 11 is 6.76. The first-order valence-electron chi connectivity index (χ1n) is 2.76. The molecule has 1 heterocycles. The van der Waals surface area contributed by atoms with Crippen LogP contribution in [0.4, 0.5) is 0 Å². The van der Waals surface area contributed by atoms with Crippen LogP contribution in [0.1, 0.15) is 0 Å². The summed E-state index contributed by atoms with van der Waals surface area (Å²) < 4.78 is 1.01. The summed E-state index contributed by atoms with van der Waals surface area (Å²) in [6, 6.07) is 0. The Balaban J connectivity index is 0.000000810. The Labute approximate surface area is 93.6 Å². The summed E-state index contributed by atoms with van der Waals surface area (Å²) in [4.78, 5) is 4.30. The molecule has 0 saturated carbocycles. The van der Waals surface area contributed by atoms with Crippen LogP contribution < -0.4 is 0 Å². The normalized spacial score (nSPS) is 20.6. The molecule has 10 heavy (non-hydrogen) atoms. The van der Waals surface area contributed by atoms with Crippen LogP contribution in [-0.4, -0.2) is 70.3 Å². The number of thiocarbonyl (C=S) groups is 1. The molecular formula is C5H11N2NaS2. The van der Waals surface area contributed by atoms with Gasteiger partial charge in [-0.25, -0.2) is 0 Å². The summed E-state index contributed by atoms with van der Waals surface area (Å²) in [5.41, 5.74) is 0. The fourth-order valence-corrected chi connectivity index (χ4v) is 1.64. The minimum absolute atomic E-state index is 0. The first-order valence-corrected chi connectivity index (χ1v) is 4.16. The van der Waals surface area contributed by atoms with E-state index in [0.29, 0.717) is 0 Å². The molecule has 0 unspecified atom stereocenters. The van der Waals surface area contributed by atoms with Gasteiger partial charge in [-0.05, 0) is 7.05 Å². The molecule has 1 fully saturated rings. The standard InChI is InChI=1S/C5H10N2S2.Na.H/c1-6-3-7(2)5(8)9-4-6;;/h3-4H2,1-2H3;;. The van der Waals surface area contributed by atoms with Crippen molar-refractivity contribution in [2.24, 2.45) is 0 Å². The van der Waals surface area contributed by atoms with Gasteiger partial charge in [0.1, 0.15) is 4.32 Å². The van der Waals surface area contributed by atoms with Crippen molar-refractivity contribution in [1.29, 1.82) is 0 Å². The van der Waals surface area contributed by atoms with Crippen molar-refractivity contribution in [3.8, 4) is 0 Å². The predicted octanol–water partition coefficient (Wildman–Crippen LogP) is 0.148. The Kier molecular flexibility index (Phi) is 5.55. The van der Waals surface area contributed by atoms with Gasteiger partial charge < -0.3 is 4.90 Å². The first-order chi connectivity index (χ1) is 4.20. The summed E-state index contributed by atoms with van der Waals surface area (Å²) in [6.07, 6.45) is 0. The van der Waals surface area contributed by atoms with E-state index in [0.717, 1.165) is 16.9 Å². The zero-order valence-corrected chi connectivity index (χ0v) is 7.26. The maximum atomic E-state index is 5.04. The van der Waals surface area contributed by atoms with E-state index in [2.05, 4.69) is 16.8 Å². The molecule has 1 rings (SSSR count). The van der Waals surface area contributed by atoms with Gasteiger partial charge in [0, 0.05) is 7.05 Å². The predicted molar refractivity (Wildman–Crippen MR) is 52.6 cm³/mol. The van der Waals surface area contributed by atoms with E-state index < -0.39 is 0 Å². The quantitative estimate of drug-likeness (QED) is 0.392. The topological polar surface area (TPSA) is 6.48 Å². The molecule has 0 atom stereocenters.